The molecule has 5 nitrogen and oxygen atoms in total. The average molecular weight is 459 g/mol. The minimum atomic E-state index is -0.618. The van der Waals surface area contributed by atoms with Gasteiger partial charge in [-0.2, -0.15) is 0 Å². The van der Waals surface area contributed by atoms with E-state index in [2.05, 4.69) is 5.32 Å². The lowest BCUT2D eigenvalue weighted by molar-refractivity contribution is -0.116. The highest BCUT2D eigenvalue weighted by Crippen LogP contribution is 2.45. The molecule has 164 valence electrons. The van der Waals surface area contributed by atoms with Gasteiger partial charge in [0.15, 0.2) is 0 Å². The summed E-state index contributed by atoms with van der Waals surface area (Å²) < 4.78 is 24.4. The van der Waals surface area contributed by atoms with Gasteiger partial charge in [0.25, 0.3) is 0 Å². The summed E-state index contributed by atoms with van der Waals surface area (Å²) in [6.07, 6.45) is 0. The number of nitrogens with one attached hydrogen (secondary N) is 1. The Bertz CT molecular complexity index is 1320. The van der Waals surface area contributed by atoms with E-state index in [0.717, 1.165) is 11.1 Å². The summed E-state index contributed by atoms with van der Waals surface area (Å²) in [5.74, 6) is -0.646. The number of thiophene rings is 1. The monoisotopic (exact) mass is 459 g/mol. The molecule has 0 fully saturated rings. The van der Waals surface area contributed by atoms with Crippen LogP contribution in [-0.4, -0.2) is 19.0 Å². The summed E-state index contributed by atoms with van der Waals surface area (Å²) >= 11 is 1.22. The zero-order valence-corrected chi connectivity index (χ0v) is 18.3. The highest BCUT2D eigenvalue weighted by Gasteiger charge is 2.33. The van der Waals surface area contributed by atoms with Crippen molar-refractivity contribution in [3.8, 4) is 22.6 Å². The van der Waals surface area contributed by atoms with Crippen molar-refractivity contribution in [1.82, 2.24) is 0 Å². The summed E-state index contributed by atoms with van der Waals surface area (Å²) in [6.45, 7) is 0. The van der Waals surface area contributed by atoms with Crippen molar-refractivity contribution in [1.29, 1.82) is 0 Å². The van der Waals surface area contributed by atoms with Gasteiger partial charge in [0, 0.05) is 22.1 Å². The number of methoxy groups -OCH3 is 1. The Morgan fingerprint density at radius 3 is 2.15 bits per heavy atom. The van der Waals surface area contributed by atoms with Crippen molar-refractivity contribution in [2.75, 3.05) is 12.4 Å². The Balaban J connectivity index is 1.55. The number of carbonyl (C=O) groups excluding carboxylic acids is 2. The number of benzene rings is 3. The quantitative estimate of drug-likeness (QED) is 0.368. The Morgan fingerprint density at radius 2 is 1.55 bits per heavy atom. The SMILES string of the molecule is COC(=O)c1c(-c2ccc(F)cc2)csc1NC(=O)C1c2ccccc2Oc2ccccc21. The number of ether oxygens (including phenoxy) is 2. The minimum Gasteiger partial charge on any atom is -0.465 e. The molecule has 0 bridgehead atoms. The van der Waals surface area contributed by atoms with Gasteiger partial charge in [0.05, 0.1) is 13.0 Å². The van der Waals surface area contributed by atoms with Crippen molar-refractivity contribution in [3.63, 3.8) is 0 Å². The van der Waals surface area contributed by atoms with E-state index in [-0.39, 0.29) is 17.3 Å². The Kier molecular flexibility index (Phi) is 5.40. The van der Waals surface area contributed by atoms with Gasteiger partial charge in [-0.05, 0) is 29.8 Å². The van der Waals surface area contributed by atoms with Gasteiger partial charge in [-0.15, -0.1) is 11.3 Å². The maximum absolute atomic E-state index is 13.6. The zero-order valence-electron chi connectivity index (χ0n) is 17.5. The Labute approximate surface area is 193 Å². The molecule has 2 heterocycles. The van der Waals surface area contributed by atoms with Crippen molar-refractivity contribution in [2.24, 2.45) is 0 Å². The number of anilines is 1. The van der Waals surface area contributed by atoms with Crippen LogP contribution in [0, 0.1) is 5.82 Å². The average Bonchev–Trinajstić information content (AvgIpc) is 3.25. The number of hydrogen-bond donors (Lipinski definition) is 1. The first-order valence-electron chi connectivity index (χ1n) is 10.2. The molecule has 0 atom stereocenters. The van der Waals surface area contributed by atoms with Crippen LogP contribution in [0.1, 0.15) is 27.4 Å². The van der Waals surface area contributed by atoms with Gasteiger partial charge < -0.3 is 14.8 Å². The third-order valence-corrected chi connectivity index (χ3v) is 6.41. The molecule has 7 heteroatoms. The van der Waals surface area contributed by atoms with Crippen LogP contribution in [0.25, 0.3) is 11.1 Å². The molecule has 0 saturated carbocycles. The standard InChI is InChI=1S/C26H18FNO4S/c1-31-26(30)23-19(15-10-12-16(27)13-11-15)14-33-25(23)28-24(29)22-17-6-2-4-8-20(17)32-21-9-5-3-7-18(21)22/h2-14,22H,1H3,(H,28,29). The molecule has 4 aromatic rings. The smallest absolute Gasteiger partial charge is 0.341 e. The van der Waals surface area contributed by atoms with E-state index in [1.807, 2.05) is 48.5 Å². The number of hydrogen-bond acceptors (Lipinski definition) is 5. The highest BCUT2D eigenvalue weighted by atomic mass is 32.1. The van der Waals surface area contributed by atoms with Crippen LogP contribution < -0.4 is 10.1 Å². The molecular weight excluding hydrogens is 441 g/mol. The fourth-order valence-electron chi connectivity index (χ4n) is 3.97. The molecule has 5 rings (SSSR count). The fourth-order valence-corrected chi connectivity index (χ4v) is 4.93. The van der Waals surface area contributed by atoms with Crippen LogP contribution in [0.4, 0.5) is 9.39 Å². The van der Waals surface area contributed by atoms with E-state index >= 15 is 0 Å². The molecule has 0 unspecified atom stereocenters. The van der Waals surface area contributed by atoms with Crippen LogP contribution in [0.3, 0.4) is 0 Å². The van der Waals surface area contributed by atoms with Gasteiger partial charge in [0.1, 0.15) is 27.9 Å². The second-order valence-corrected chi connectivity index (χ2v) is 8.33. The summed E-state index contributed by atoms with van der Waals surface area (Å²) in [5.41, 5.74) is 2.92. The number of amides is 1. The van der Waals surface area contributed by atoms with E-state index in [1.165, 1.54) is 30.6 Å². The Hall–Kier alpha value is -3.97. The molecule has 0 spiro atoms. The van der Waals surface area contributed by atoms with E-state index in [0.29, 0.717) is 27.6 Å². The van der Waals surface area contributed by atoms with Gasteiger partial charge >= 0.3 is 5.97 Å². The molecular formula is C26H18FNO4S. The molecule has 0 aliphatic carbocycles. The van der Waals surface area contributed by atoms with Crippen LogP contribution in [-0.2, 0) is 9.53 Å². The molecule has 1 aliphatic heterocycles. The number of carbonyl (C=O) groups is 2. The first kappa shape index (κ1) is 20.9. The first-order chi connectivity index (χ1) is 16.1. The fraction of sp³-hybridized carbons (Fsp3) is 0.0769. The summed E-state index contributed by atoms with van der Waals surface area (Å²) in [6, 6.07) is 20.6. The number of fused-ring (bicyclic) bond motifs is 2. The third kappa shape index (κ3) is 3.76. The predicted octanol–water partition coefficient (Wildman–Crippen LogP) is 6.22. The first-order valence-corrected chi connectivity index (χ1v) is 11.1. The molecule has 33 heavy (non-hydrogen) atoms. The summed E-state index contributed by atoms with van der Waals surface area (Å²) in [5, 5.41) is 5.05. The van der Waals surface area contributed by atoms with E-state index in [4.69, 9.17) is 9.47 Å². The lowest BCUT2D eigenvalue weighted by Crippen LogP contribution is -2.25. The number of halogens is 1. The normalized spacial score (nSPS) is 12.3. The molecule has 3 aromatic carbocycles. The maximum Gasteiger partial charge on any atom is 0.341 e. The predicted molar refractivity (Wildman–Crippen MR) is 124 cm³/mol. The van der Waals surface area contributed by atoms with Crippen LogP contribution in [0.5, 0.6) is 11.5 Å². The Morgan fingerprint density at radius 1 is 0.939 bits per heavy atom. The largest absolute Gasteiger partial charge is 0.465 e. The lowest BCUT2D eigenvalue weighted by atomic mass is 9.87. The molecule has 0 saturated heterocycles. The highest BCUT2D eigenvalue weighted by molar-refractivity contribution is 7.15. The molecule has 1 amide bonds. The van der Waals surface area contributed by atoms with Gasteiger partial charge in [0.2, 0.25) is 5.91 Å². The van der Waals surface area contributed by atoms with Gasteiger partial charge in [-0.1, -0.05) is 48.5 Å². The van der Waals surface area contributed by atoms with E-state index < -0.39 is 11.9 Å². The van der Waals surface area contributed by atoms with Crippen LogP contribution >= 0.6 is 11.3 Å². The number of esters is 1. The van der Waals surface area contributed by atoms with Gasteiger partial charge in [-0.25, -0.2) is 9.18 Å². The second kappa shape index (κ2) is 8.52. The maximum atomic E-state index is 13.6. The lowest BCUT2D eigenvalue weighted by Gasteiger charge is -2.27. The summed E-state index contributed by atoms with van der Waals surface area (Å²) in [7, 11) is 1.28. The molecule has 1 N–H and O–H groups in total. The minimum absolute atomic E-state index is 0.232. The van der Waals surface area contributed by atoms with Crippen molar-refractivity contribution >= 4 is 28.2 Å². The second-order valence-electron chi connectivity index (χ2n) is 7.45. The van der Waals surface area contributed by atoms with Crippen molar-refractivity contribution in [3.05, 3.63) is 101 Å². The third-order valence-electron chi connectivity index (χ3n) is 5.51. The van der Waals surface area contributed by atoms with Crippen LogP contribution in [0.2, 0.25) is 0 Å². The zero-order chi connectivity index (χ0) is 22.9. The topological polar surface area (TPSA) is 64.6 Å². The van der Waals surface area contributed by atoms with Crippen LogP contribution in [0.15, 0.2) is 78.2 Å². The van der Waals surface area contributed by atoms with E-state index in [1.54, 1.807) is 17.5 Å². The van der Waals surface area contributed by atoms with Crippen molar-refractivity contribution in [2.45, 2.75) is 5.92 Å². The van der Waals surface area contributed by atoms with Crippen molar-refractivity contribution < 1.29 is 23.5 Å². The molecule has 1 aliphatic rings. The number of para-hydroxylation sites is 2. The van der Waals surface area contributed by atoms with E-state index in [9.17, 15) is 14.0 Å². The number of rotatable bonds is 4. The molecule has 1 aromatic heterocycles. The van der Waals surface area contributed by atoms with Gasteiger partial charge in [-0.3, -0.25) is 4.79 Å². The summed E-state index contributed by atoms with van der Waals surface area (Å²) in [4.78, 5) is 26.2. The molecule has 0 radical (unpaired) electrons.